The first-order valence-electron chi connectivity index (χ1n) is 4.70. The van der Waals surface area contributed by atoms with Crippen LogP contribution in [0.4, 0.5) is 0 Å². The van der Waals surface area contributed by atoms with Crippen molar-refractivity contribution in [3.63, 3.8) is 0 Å². The van der Waals surface area contributed by atoms with E-state index in [0.717, 1.165) is 16.8 Å². The van der Waals surface area contributed by atoms with Crippen molar-refractivity contribution in [2.75, 3.05) is 0 Å². The average molecular weight is 230 g/mol. The van der Waals surface area contributed by atoms with Crippen molar-refractivity contribution in [1.29, 1.82) is 5.26 Å². The zero-order chi connectivity index (χ0) is 11.5. The lowest BCUT2D eigenvalue weighted by atomic mass is 10.0. The molecule has 0 fully saturated rings. The minimum atomic E-state index is 0.216. The minimum Gasteiger partial charge on any atom is -0.256 e. The maximum Gasteiger partial charge on any atom is 0.147 e. The third-order valence-electron chi connectivity index (χ3n) is 2.26. The molecule has 4 heteroatoms. The van der Waals surface area contributed by atoms with Gasteiger partial charge < -0.3 is 0 Å². The molecule has 0 radical (unpaired) electrons. The summed E-state index contributed by atoms with van der Waals surface area (Å²) in [4.78, 5) is 8.17. The van der Waals surface area contributed by atoms with Crippen molar-refractivity contribution in [2.45, 2.75) is 6.92 Å². The number of hydrogen-bond donors (Lipinski definition) is 0. The molecule has 2 aromatic heterocycles. The topological polar surface area (TPSA) is 49.6 Å². The largest absolute Gasteiger partial charge is 0.256 e. The number of halogens is 1. The van der Waals surface area contributed by atoms with Gasteiger partial charge in [-0.15, -0.1) is 0 Å². The van der Waals surface area contributed by atoms with Gasteiger partial charge in [0.25, 0.3) is 0 Å². The highest BCUT2D eigenvalue weighted by Gasteiger charge is 2.13. The summed E-state index contributed by atoms with van der Waals surface area (Å²) in [6.07, 6.45) is 3.33. The molecule has 0 aliphatic carbocycles. The Bertz CT molecular complexity index is 558. The summed E-state index contributed by atoms with van der Waals surface area (Å²) < 4.78 is 0. The van der Waals surface area contributed by atoms with Crippen LogP contribution < -0.4 is 0 Å². The number of pyridine rings is 2. The van der Waals surface area contributed by atoms with Gasteiger partial charge in [0.05, 0.1) is 11.3 Å². The third-order valence-corrected chi connectivity index (χ3v) is 2.54. The van der Waals surface area contributed by atoms with Crippen LogP contribution in [0.3, 0.4) is 0 Å². The third kappa shape index (κ3) is 1.75. The fraction of sp³-hybridized carbons (Fsp3) is 0.0833. The summed E-state index contributed by atoms with van der Waals surface area (Å²) in [6, 6.07) is 7.61. The van der Waals surface area contributed by atoms with Gasteiger partial charge in [-0.2, -0.15) is 5.26 Å². The zero-order valence-corrected chi connectivity index (χ0v) is 9.36. The minimum absolute atomic E-state index is 0.216. The highest BCUT2D eigenvalue weighted by molar-refractivity contribution is 6.31. The summed E-state index contributed by atoms with van der Waals surface area (Å²) in [7, 11) is 0. The molecule has 0 unspecified atom stereocenters. The van der Waals surface area contributed by atoms with Gasteiger partial charge >= 0.3 is 0 Å². The Kier molecular flexibility index (Phi) is 2.84. The van der Waals surface area contributed by atoms with Crippen LogP contribution >= 0.6 is 11.6 Å². The molecule has 0 saturated carbocycles. The van der Waals surface area contributed by atoms with Gasteiger partial charge in [0.2, 0.25) is 0 Å². The summed E-state index contributed by atoms with van der Waals surface area (Å²) >= 11 is 5.89. The normalized spacial score (nSPS) is 9.81. The van der Waals surface area contributed by atoms with Crippen molar-refractivity contribution in [3.05, 3.63) is 46.9 Å². The summed E-state index contributed by atoms with van der Waals surface area (Å²) in [5.41, 5.74) is 2.75. The molecule has 0 saturated heterocycles. The van der Waals surface area contributed by atoms with Crippen molar-refractivity contribution in [1.82, 2.24) is 9.97 Å². The van der Waals surface area contributed by atoms with Crippen molar-refractivity contribution in [2.24, 2.45) is 0 Å². The van der Waals surface area contributed by atoms with E-state index in [2.05, 4.69) is 16.0 Å². The smallest absolute Gasteiger partial charge is 0.147 e. The average Bonchev–Trinajstić information content (AvgIpc) is 2.33. The lowest BCUT2D eigenvalue weighted by molar-refractivity contribution is 1.22. The molecular weight excluding hydrogens is 222 g/mol. The first-order valence-corrected chi connectivity index (χ1v) is 5.08. The molecule has 78 valence electrons. The number of nitrogens with zero attached hydrogens (tertiary/aromatic N) is 3. The SMILES string of the molecule is Cc1cnc(Cl)c(C#N)c1-c1ccccn1. The molecule has 0 spiro atoms. The van der Waals surface area contributed by atoms with Crippen molar-refractivity contribution >= 4 is 11.6 Å². The molecular formula is C12H8ClN3. The van der Waals surface area contributed by atoms with Crippen LogP contribution in [0.1, 0.15) is 11.1 Å². The molecule has 0 aliphatic rings. The Hall–Kier alpha value is -1.92. The second kappa shape index (κ2) is 4.30. The lowest BCUT2D eigenvalue weighted by Crippen LogP contribution is -1.94. The van der Waals surface area contributed by atoms with Gasteiger partial charge in [-0.3, -0.25) is 4.98 Å². The molecule has 0 aliphatic heterocycles. The molecule has 0 aromatic carbocycles. The van der Waals surface area contributed by atoms with Crippen LogP contribution in [0.15, 0.2) is 30.6 Å². The van der Waals surface area contributed by atoms with Gasteiger partial charge in [-0.05, 0) is 24.6 Å². The van der Waals surface area contributed by atoms with Crippen LogP contribution in [-0.2, 0) is 0 Å². The predicted octanol–water partition coefficient (Wildman–Crippen LogP) is 2.98. The Labute approximate surface area is 98.4 Å². The number of aryl methyl sites for hydroxylation is 1. The van der Waals surface area contributed by atoms with Crippen molar-refractivity contribution < 1.29 is 0 Å². The number of hydrogen-bond acceptors (Lipinski definition) is 3. The van der Waals surface area contributed by atoms with Gasteiger partial charge in [-0.1, -0.05) is 17.7 Å². The molecule has 16 heavy (non-hydrogen) atoms. The molecule has 3 nitrogen and oxygen atoms in total. The standard InChI is InChI=1S/C12H8ClN3/c1-8-7-16-12(13)9(6-14)11(8)10-4-2-3-5-15-10/h2-5,7H,1H3. The van der Waals surface area contributed by atoms with Crippen molar-refractivity contribution in [3.8, 4) is 17.3 Å². The maximum atomic E-state index is 9.08. The van der Waals surface area contributed by atoms with E-state index in [4.69, 9.17) is 16.9 Å². The highest BCUT2D eigenvalue weighted by Crippen LogP contribution is 2.28. The molecule has 0 amide bonds. The van der Waals surface area contributed by atoms with E-state index in [1.165, 1.54) is 0 Å². The van der Waals surface area contributed by atoms with E-state index >= 15 is 0 Å². The Morgan fingerprint density at radius 2 is 2.12 bits per heavy atom. The Morgan fingerprint density at radius 3 is 2.75 bits per heavy atom. The van der Waals surface area contributed by atoms with E-state index in [1.54, 1.807) is 12.4 Å². The van der Waals surface area contributed by atoms with E-state index in [-0.39, 0.29) is 5.15 Å². The summed E-state index contributed by atoms with van der Waals surface area (Å²) in [5.74, 6) is 0. The first-order chi connectivity index (χ1) is 7.74. The Balaban J connectivity index is 2.75. The fourth-order valence-corrected chi connectivity index (χ4v) is 1.71. The fourth-order valence-electron chi connectivity index (χ4n) is 1.53. The van der Waals surface area contributed by atoms with Crippen LogP contribution in [0, 0.1) is 18.3 Å². The first kappa shape index (κ1) is 10.6. The summed E-state index contributed by atoms with van der Waals surface area (Å²) in [6.45, 7) is 1.88. The zero-order valence-electron chi connectivity index (χ0n) is 8.61. The summed E-state index contributed by atoms with van der Waals surface area (Å²) in [5, 5.41) is 9.30. The van der Waals surface area contributed by atoms with E-state index in [1.807, 2.05) is 25.1 Å². The number of rotatable bonds is 1. The molecule has 0 atom stereocenters. The monoisotopic (exact) mass is 229 g/mol. The Morgan fingerprint density at radius 1 is 1.31 bits per heavy atom. The molecule has 2 heterocycles. The molecule has 2 aromatic rings. The molecule has 0 bridgehead atoms. The van der Waals surface area contributed by atoms with Crippen LogP contribution in [0.2, 0.25) is 5.15 Å². The van der Waals surface area contributed by atoms with Crippen LogP contribution in [0.25, 0.3) is 11.3 Å². The van der Waals surface area contributed by atoms with Gasteiger partial charge in [-0.25, -0.2) is 4.98 Å². The predicted molar refractivity (Wildman–Crippen MR) is 61.9 cm³/mol. The molecule has 0 N–H and O–H groups in total. The maximum absolute atomic E-state index is 9.08. The molecule has 2 rings (SSSR count). The number of aromatic nitrogens is 2. The highest BCUT2D eigenvalue weighted by atomic mass is 35.5. The second-order valence-corrected chi connectivity index (χ2v) is 3.67. The van der Waals surface area contributed by atoms with Crippen LogP contribution in [0.5, 0.6) is 0 Å². The quantitative estimate of drug-likeness (QED) is 0.707. The van der Waals surface area contributed by atoms with Gasteiger partial charge in [0.15, 0.2) is 0 Å². The second-order valence-electron chi connectivity index (χ2n) is 3.31. The van der Waals surface area contributed by atoms with E-state index < -0.39 is 0 Å². The lowest BCUT2D eigenvalue weighted by Gasteiger charge is -2.07. The van der Waals surface area contributed by atoms with Gasteiger partial charge in [0.1, 0.15) is 11.2 Å². The van der Waals surface area contributed by atoms with Crippen LogP contribution in [-0.4, -0.2) is 9.97 Å². The van der Waals surface area contributed by atoms with E-state index in [9.17, 15) is 0 Å². The van der Waals surface area contributed by atoms with Gasteiger partial charge in [0, 0.05) is 18.0 Å². The number of nitriles is 1. The van der Waals surface area contributed by atoms with E-state index in [0.29, 0.717) is 5.56 Å².